The van der Waals surface area contributed by atoms with E-state index in [0.717, 1.165) is 6.42 Å². The first-order valence-corrected chi connectivity index (χ1v) is 9.50. The number of halogens is 1. The standard InChI is InChI=1S/C16H18FN3O3S/c1-24(22,23)20-10-2-3-14(20)11-19-16(21)9-8-15(18-19)12-4-6-13(17)7-5-12/h4-9,14H,2-3,10-11H2,1H3/t14-/m0/s1. The summed E-state index contributed by atoms with van der Waals surface area (Å²) in [5.74, 6) is -0.346. The van der Waals surface area contributed by atoms with Crippen LogP contribution >= 0.6 is 0 Å². The van der Waals surface area contributed by atoms with Gasteiger partial charge in [-0.05, 0) is 43.2 Å². The number of hydrogen-bond acceptors (Lipinski definition) is 4. The second-order valence-electron chi connectivity index (χ2n) is 5.92. The lowest BCUT2D eigenvalue weighted by molar-refractivity contribution is 0.338. The van der Waals surface area contributed by atoms with Crippen LogP contribution < -0.4 is 5.56 Å². The summed E-state index contributed by atoms with van der Waals surface area (Å²) in [4.78, 5) is 12.1. The van der Waals surface area contributed by atoms with Crippen molar-refractivity contribution in [3.05, 3.63) is 52.6 Å². The highest BCUT2D eigenvalue weighted by Crippen LogP contribution is 2.21. The Morgan fingerprint density at radius 1 is 1.21 bits per heavy atom. The molecule has 1 aromatic carbocycles. The highest BCUT2D eigenvalue weighted by molar-refractivity contribution is 7.88. The Bertz CT molecular complexity index is 894. The highest BCUT2D eigenvalue weighted by Gasteiger charge is 2.32. The van der Waals surface area contributed by atoms with Crippen LogP contribution in [0.3, 0.4) is 0 Å². The quantitative estimate of drug-likeness (QED) is 0.836. The Kier molecular flexibility index (Phi) is 4.51. The predicted molar refractivity (Wildman–Crippen MR) is 88.5 cm³/mol. The molecule has 1 saturated heterocycles. The number of aromatic nitrogens is 2. The van der Waals surface area contributed by atoms with Gasteiger partial charge in [0.15, 0.2) is 0 Å². The van der Waals surface area contributed by atoms with Gasteiger partial charge in [-0.15, -0.1) is 0 Å². The smallest absolute Gasteiger partial charge is 0.266 e. The molecule has 0 unspecified atom stereocenters. The fourth-order valence-corrected chi connectivity index (χ4v) is 4.16. The maximum Gasteiger partial charge on any atom is 0.266 e. The van der Waals surface area contributed by atoms with Gasteiger partial charge in [0.1, 0.15) is 5.82 Å². The molecule has 6 nitrogen and oxygen atoms in total. The molecule has 0 radical (unpaired) electrons. The summed E-state index contributed by atoms with van der Waals surface area (Å²) in [6.45, 7) is 0.677. The van der Waals surface area contributed by atoms with Gasteiger partial charge >= 0.3 is 0 Å². The van der Waals surface area contributed by atoms with Crippen molar-refractivity contribution in [2.45, 2.75) is 25.4 Å². The molecule has 1 aromatic heterocycles. The zero-order valence-electron chi connectivity index (χ0n) is 13.2. The SMILES string of the molecule is CS(=O)(=O)N1CCC[C@H]1Cn1nc(-c2ccc(F)cc2)ccc1=O. The molecule has 0 amide bonds. The first-order chi connectivity index (χ1) is 11.3. The molecule has 2 heterocycles. The molecule has 24 heavy (non-hydrogen) atoms. The first-order valence-electron chi connectivity index (χ1n) is 7.65. The third-order valence-electron chi connectivity index (χ3n) is 4.14. The predicted octanol–water partition coefficient (Wildman–Crippen LogP) is 1.47. The average Bonchev–Trinajstić information content (AvgIpc) is 2.99. The van der Waals surface area contributed by atoms with E-state index >= 15 is 0 Å². The van der Waals surface area contributed by atoms with Gasteiger partial charge in [0, 0.05) is 24.2 Å². The summed E-state index contributed by atoms with van der Waals surface area (Å²) in [6.07, 6.45) is 2.64. The third-order valence-corrected chi connectivity index (χ3v) is 5.47. The summed E-state index contributed by atoms with van der Waals surface area (Å²) in [5, 5.41) is 4.31. The van der Waals surface area contributed by atoms with Gasteiger partial charge in [0.2, 0.25) is 10.0 Å². The number of nitrogens with zero attached hydrogens (tertiary/aromatic N) is 3. The molecule has 128 valence electrons. The summed E-state index contributed by atoms with van der Waals surface area (Å²) in [5.41, 5.74) is 0.941. The van der Waals surface area contributed by atoms with Crippen molar-refractivity contribution < 1.29 is 12.8 Å². The van der Waals surface area contributed by atoms with Crippen molar-refractivity contribution in [1.29, 1.82) is 0 Å². The van der Waals surface area contributed by atoms with Gasteiger partial charge < -0.3 is 0 Å². The van der Waals surface area contributed by atoms with Crippen molar-refractivity contribution >= 4 is 10.0 Å². The molecule has 1 fully saturated rings. The molecule has 1 atom stereocenters. The van der Waals surface area contributed by atoms with Crippen LogP contribution in [-0.2, 0) is 16.6 Å². The molecule has 0 saturated carbocycles. The van der Waals surface area contributed by atoms with Crippen LogP contribution in [-0.4, -0.2) is 41.3 Å². The Labute approximate surface area is 139 Å². The normalized spacial score (nSPS) is 18.8. The molecule has 1 aliphatic heterocycles. The van der Waals surface area contributed by atoms with Crippen LogP contribution in [0.15, 0.2) is 41.2 Å². The maximum absolute atomic E-state index is 13.0. The summed E-state index contributed by atoms with van der Waals surface area (Å²) < 4.78 is 39.4. The number of sulfonamides is 1. The Balaban J connectivity index is 1.90. The van der Waals surface area contributed by atoms with Gasteiger partial charge in [-0.25, -0.2) is 17.5 Å². The van der Waals surface area contributed by atoms with Gasteiger partial charge in [0.05, 0.1) is 18.5 Å². The van der Waals surface area contributed by atoms with E-state index in [1.54, 1.807) is 18.2 Å². The Morgan fingerprint density at radius 3 is 2.58 bits per heavy atom. The lowest BCUT2D eigenvalue weighted by atomic mass is 10.1. The van der Waals surface area contributed by atoms with Crippen LogP contribution in [0.1, 0.15) is 12.8 Å². The van der Waals surface area contributed by atoms with Gasteiger partial charge in [-0.2, -0.15) is 9.40 Å². The van der Waals surface area contributed by atoms with E-state index in [1.807, 2.05) is 0 Å². The lowest BCUT2D eigenvalue weighted by Gasteiger charge is -2.22. The van der Waals surface area contributed by atoms with E-state index < -0.39 is 10.0 Å². The lowest BCUT2D eigenvalue weighted by Crippen LogP contribution is -2.40. The zero-order chi connectivity index (χ0) is 17.3. The molecule has 1 aliphatic rings. The molecule has 0 bridgehead atoms. The summed E-state index contributed by atoms with van der Waals surface area (Å²) in [6, 6.07) is 8.54. The molecule has 0 aliphatic carbocycles. The van der Waals surface area contributed by atoms with Crippen LogP contribution in [0.2, 0.25) is 0 Å². The Morgan fingerprint density at radius 2 is 1.92 bits per heavy atom. The topological polar surface area (TPSA) is 72.3 Å². The maximum atomic E-state index is 13.0. The summed E-state index contributed by atoms with van der Waals surface area (Å²) in [7, 11) is -3.30. The fourth-order valence-electron chi connectivity index (χ4n) is 2.98. The van der Waals surface area contributed by atoms with E-state index in [-0.39, 0.29) is 24.0 Å². The zero-order valence-corrected chi connectivity index (χ0v) is 14.0. The third kappa shape index (κ3) is 3.54. The minimum absolute atomic E-state index is 0.209. The highest BCUT2D eigenvalue weighted by atomic mass is 32.2. The monoisotopic (exact) mass is 351 g/mol. The van der Waals surface area contributed by atoms with Crippen molar-refractivity contribution in [2.75, 3.05) is 12.8 Å². The van der Waals surface area contributed by atoms with Crippen molar-refractivity contribution in [3.63, 3.8) is 0 Å². The first kappa shape index (κ1) is 16.8. The molecular formula is C16H18FN3O3S. The molecule has 0 spiro atoms. The van der Waals surface area contributed by atoms with E-state index in [0.29, 0.717) is 24.2 Å². The molecule has 2 aromatic rings. The molecule has 8 heteroatoms. The van der Waals surface area contributed by atoms with Gasteiger partial charge in [0.25, 0.3) is 5.56 Å². The van der Waals surface area contributed by atoms with Crippen LogP contribution in [0.4, 0.5) is 4.39 Å². The second-order valence-corrected chi connectivity index (χ2v) is 7.85. The van der Waals surface area contributed by atoms with Crippen molar-refractivity contribution in [3.8, 4) is 11.3 Å². The van der Waals surface area contributed by atoms with Crippen LogP contribution in [0.25, 0.3) is 11.3 Å². The van der Waals surface area contributed by atoms with Crippen molar-refractivity contribution in [1.82, 2.24) is 14.1 Å². The molecule has 3 rings (SSSR count). The summed E-state index contributed by atoms with van der Waals surface area (Å²) >= 11 is 0. The molecular weight excluding hydrogens is 333 g/mol. The fraction of sp³-hybridized carbons (Fsp3) is 0.375. The van der Waals surface area contributed by atoms with Crippen LogP contribution in [0, 0.1) is 5.82 Å². The molecule has 0 N–H and O–H groups in total. The minimum atomic E-state index is -3.30. The number of benzene rings is 1. The second kappa shape index (κ2) is 6.45. The van der Waals surface area contributed by atoms with E-state index in [4.69, 9.17) is 0 Å². The van der Waals surface area contributed by atoms with Crippen LogP contribution in [0.5, 0.6) is 0 Å². The van der Waals surface area contributed by atoms with E-state index in [9.17, 15) is 17.6 Å². The van der Waals surface area contributed by atoms with Gasteiger partial charge in [-0.1, -0.05) is 0 Å². The average molecular weight is 351 g/mol. The Hall–Kier alpha value is -2.06. The van der Waals surface area contributed by atoms with E-state index in [1.165, 1.54) is 33.4 Å². The largest absolute Gasteiger partial charge is 0.268 e. The number of hydrogen-bond donors (Lipinski definition) is 0. The minimum Gasteiger partial charge on any atom is -0.268 e. The van der Waals surface area contributed by atoms with E-state index in [2.05, 4.69) is 5.10 Å². The van der Waals surface area contributed by atoms with Crippen molar-refractivity contribution in [2.24, 2.45) is 0 Å². The van der Waals surface area contributed by atoms with Gasteiger partial charge in [-0.3, -0.25) is 4.79 Å². The number of rotatable bonds is 4.